The van der Waals surface area contributed by atoms with Gasteiger partial charge in [0.05, 0.1) is 17.9 Å². The highest BCUT2D eigenvalue weighted by atomic mass is 32.2. The molecule has 0 saturated heterocycles. The second-order valence-electron chi connectivity index (χ2n) is 8.06. The van der Waals surface area contributed by atoms with Gasteiger partial charge in [0.15, 0.2) is 16.8 Å². The molecule has 0 aliphatic rings. The largest absolute Gasteiger partial charge is 0.496 e. The lowest BCUT2D eigenvalue weighted by Gasteiger charge is -2.15. The van der Waals surface area contributed by atoms with Crippen molar-refractivity contribution in [2.75, 3.05) is 12.4 Å². The minimum absolute atomic E-state index is 0.0203. The molecule has 0 aliphatic carbocycles. The minimum Gasteiger partial charge on any atom is -0.496 e. The van der Waals surface area contributed by atoms with Gasteiger partial charge in [-0.05, 0) is 69.3 Å². The van der Waals surface area contributed by atoms with E-state index in [0.717, 1.165) is 16.8 Å². The summed E-state index contributed by atoms with van der Waals surface area (Å²) in [5.74, 6) is 1.11. The average Bonchev–Trinajstić information content (AvgIpc) is 3.27. The molecule has 8 heteroatoms. The Hall–Kier alpha value is -3.91. The first-order chi connectivity index (χ1) is 16.9. The first-order valence-corrected chi connectivity index (χ1v) is 12.0. The SMILES string of the molecule is COc1ccccc1-c1nnc(S[C@@H](C)C(=O)Nc2ccc(C(C)=O)cc2)n1-c1ccc(C)cc1. The number of carbonyl (C=O) groups is 2. The van der Waals surface area contributed by atoms with Gasteiger partial charge in [-0.2, -0.15) is 0 Å². The average molecular weight is 487 g/mol. The molecular formula is C27H26N4O3S. The molecule has 0 bridgehead atoms. The van der Waals surface area contributed by atoms with E-state index in [0.29, 0.717) is 28.0 Å². The predicted molar refractivity (Wildman–Crippen MR) is 138 cm³/mol. The summed E-state index contributed by atoms with van der Waals surface area (Å²) < 4.78 is 7.49. The number of hydrogen-bond acceptors (Lipinski definition) is 6. The van der Waals surface area contributed by atoms with Crippen molar-refractivity contribution in [3.8, 4) is 22.8 Å². The van der Waals surface area contributed by atoms with Crippen molar-refractivity contribution in [1.29, 1.82) is 0 Å². The summed E-state index contributed by atoms with van der Waals surface area (Å²) in [6, 6.07) is 22.5. The van der Waals surface area contributed by atoms with Crippen LogP contribution < -0.4 is 10.1 Å². The Bertz CT molecular complexity index is 1350. The quantitative estimate of drug-likeness (QED) is 0.259. The number of nitrogens with zero attached hydrogens (tertiary/aromatic N) is 3. The number of aryl methyl sites for hydroxylation is 1. The molecular weight excluding hydrogens is 460 g/mol. The first-order valence-electron chi connectivity index (χ1n) is 11.1. The number of rotatable bonds is 8. The van der Waals surface area contributed by atoms with Crippen LogP contribution >= 0.6 is 11.8 Å². The number of hydrogen-bond donors (Lipinski definition) is 1. The van der Waals surface area contributed by atoms with Gasteiger partial charge in [0.2, 0.25) is 5.91 Å². The van der Waals surface area contributed by atoms with E-state index in [1.54, 1.807) is 31.4 Å². The fourth-order valence-corrected chi connectivity index (χ4v) is 4.39. The van der Waals surface area contributed by atoms with E-state index in [9.17, 15) is 9.59 Å². The van der Waals surface area contributed by atoms with Gasteiger partial charge in [-0.1, -0.05) is 41.6 Å². The monoisotopic (exact) mass is 486 g/mol. The molecule has 1 aromatic heterocycles. The summed E-state index contributed by atoms with van der Waals surface area (Å²) in [4.78, 5) is 24.4. The maximum absolute atomic E-state index is 12.9. The second kappa shape index (κ2) is 10.6. The topological polar surface area (TPSA) is 86.1 Å². The van der Waals surface area contributed by atoms with Crippen LogP contribution in [0.4, 0.5) is 5.69 Å². The Morgan fingerprint density at radius 1 is 0.971 bits per heavy atom. The molecule has 0 spiro atoms. The molecule has 4 aromatic rings. The standard InChI is InChI=1S/C27H26N4O3S/c1-17-9-15-22(16-10-17)31-25(23-7-5-6-8-24(23)34-4)29-30-27(31)35-19(3)26(33)28-21-13-11-20(12-14-21)18(2)32/h5-16,19H,1-4H3,(H,28,33)/t19-/m0/s1. The van der Waals surface area contributed by atoms with E-state index in [4.69, 9.17) is 4.74 Å². The molecule has 178 valence electrons. The van der Waals surface area contributed by atoms with E-state index in [1.165, 1.54) is 18.7 Å². The Kier molecular flexibility index (Phi) is 7.31. The van der Waals surface area contributed by atoms with E-state index in [2.05, 4.69) is 15.5 Å². The lowest BCUT2D eigenvalue weighted by atomic mass is 10.1. The van der Waals surface area contributed by atoms with Gasteiger partial charge in [-0.3, -0.25) is 14.2 Å². The number of nitrogens with one attached hydrogen (secondary N) is 1. The summed E-state index contributed by atoms with van der Waals surface area (Å²) >= 11 is 1.32. The Balaban J connectivity index is 1.63. The summed E-state index contributed by atoms with van der Waals surface area (Å²) in [5.41, 5.74) is 4.05. The number of methoxy groups -OCH3 is 1. The molecule has 0 radical (unpaired) electrons. The van der Waals surface area contributed by atoms with Crippen LogP contribution in [0.5, 0.6) is 5.75 Å². The van der Waals surface area contributed by atoms with Crippen LogP contribution in [0.1, 0.15) is 29.8 Å². The Morgan fingerprint density at radius 2 is 1.66 bits per heavy atom. The molecule has 0 fully saturated rings. The summed E-state index contributed by atoms with van der Waals surface area (Å²) in [5, 5.41) is 11.9. The molecule has 35 heavy (non-hydrogen) atoms. The van der Waals surface area contributed by atoms with Crippen molar-refractivity contribution in [2.24, 2.45) is 0 Å². The molecule has 0 saturated carbocycles. The smallest absolute Gasteiger partial charge is 0.237 e. The molecule has 1 heterocycles. The van der Waals surface area contributed by atoms with Crippen molar-refractivity contribution >= 4 is 29.1 Å². The third-order valence-corrected chi connectivity index (χ3v) is 6.53. The van der Waals surface area contributed by atoms with Crippen LogP contribution in [-0.2, 0) is 4.79 Å². The van der Waals surface area contributed by atoms with Gasteiger partial charge >= 0.3 is 0 Å². The molecule has 3 aromatic carbocycles. The first kappa shape index (κ1) is 24.2. The lowest BCUT2D eigenvalue weighted by molar-refractivity contribution is -0.115. The van der Waals surface area contributed by atoms with Gasteiger partial charge < -0.3 is 10.1 Å². The number of para-hydroxylation sites is 1. The normalized spacial score (nSPS) is 11.7. The molecule has 1 N–H and O–H groups in total. The Morgan fingerprint density at radius 3 is 2.31 bits per heavy atom. The molecule has 1 amide bonds. The summed E-state index contributed by atoms with van der Waals surface area (Å²) in [6.45, 7) is 5.36. The highest BCUT2D eigenvalue weighted by molar-refractivity contribution is 8.00. The molecule has 1 atom stereocenters. The molecule has 4 rings (SSSR count). The predicted octanol–water partition coefficient (Wildman–Crippen LogP) is 5.57. The fraction of sp³-hybridized carbons (Fsp3) is 0.185. The molecule has 0 aliphatic heterocycles. The fourth-order valence-electron chi connectivity index (χ4n) is 3.52. The highest BCUT2D eigenvalue weighted by Gasteiger charge is 2.23. The number of benzene rings is 3. The maximum Gasteiger partial charge on any atom is 0.237 e. The summed E-state index contributed by atoms with van der Waals surface area (Å²) in [6.07, 6.45) is 0. The third-order valence-electron chi connectivity index (χ3n) is 5.48. The van der Waals surface area contributed by atoms with Crippen LogP contribution in [0.25, 0.3) is 17.1 Å². The van der Waals surface area contributed by atoms with Gasteiger partial charge in [-0.15, -0.1) is 10.2 Å². The number of ether oxygens (including phenoxy) is 1. The zero-order valence-corrected chi connectivity index (χ0v) is 20.8. The van der Waals surface area contributed by atoms with Crippen molar-refractivity contribution in [2.45, 2.75) is 31.2 Å². The van der Waals surface area contributed by atoms with Gasteiger partial charge in [0.1, 0.15) is 5.75 Å². The van der Waals surface area contributed by atoms with Crippen LogP contribution in [-0.4, -0.2) is 38.8 Å². The summed E-state index contributed by atoms with van der Waals surface area (Å²) in [7, 11) is 1.62. The van der Waals surface area contributed by atoms with E-state index in [-0.39, 0.29) is 11.7 Å². The highest BCUT2D eigenvalue weighted by Crippen LogP contribution is 2.34. The third kappa shape index (κ3) is 5.44. The van der Waals surface area contributed by atoms with Gasteiger partial charge in [-0.25, -0.2) is 0 Å². The maximum atomic E-state index is 12.9. The Labute approximate surface area is 208 Å². The number of thioether (sulfide) groups is 1. The number of carbonyl (C=O) groups excluding carboxylic acids is 2. The van der Waals surface area contributed by atoms with Crippen molar-refractivity contribution in [3.63, 3.8) is 0 Å². The number of anilines is 1. The lowest BCUT2D eigenvalue weighted by Crippen LogP contribution is -2.23. The zero-order chi connectivity index (χ0) is 24.9. The number of amides is 1. The van der Waals surface area contributed by atoms with Crippen molar-refractivity contribution < 1.29 is 14.3 Å². The van der Waals surface area contributed by atoms with Crippen molar-refractivity contribution in [3.05, 3.63) is 83.9 Å². The number of ketones is 1. The van der Waals surface area contributed by atoms with E-state index >= 15 is 0 Å². The van der Waals surface area contributed by atoms with Crippen LogP contribution in [0.2, 0.25) is 0 Å². The van der Waals surface area contributed by atoms with Gasteiger partial charge in [0, 0.05) is 16.9 Å². The number of Topliss-reactive ketones (excluding diaryl/α,β-unsaturated/α-hetero) is 1. The van der Waals surface area contributed by atoms with Crippen molar-refractivity contribution in [1.82, 2.24) is 14.8 Å². The van der Waals surface area contributed by atoms with Crippen LogP contribution in [0.15, 0.2) is 78.0 Å². The van der Waals surface area contributed by atoms with Crippen LogP contribution in [0, 0.1) is 6.92 Å². The number of aromatic nitrogens is 3. The zero-order valence-electron chi connectivity index (χ0n) is 20.0. The second-order valence-corrected chi connectivity index (χ2v) is 9.37. The van der Waals surface area contributed by atoms with Gasteiger partial charge in [0.25, 0.3) is 0 Å². The molecule has 0 unspecified atom stereocenters. The van der Waals surface area contributed by atoms with E-state index in [1.807, 2.05) is 66.9 Å². The van der Waals surface area contributed by atoms with E-state index < -0.39 is 5.25 Å². The minimum atomic E-state index is -0.457. The molecule has 7 nitrogen and oxygen atoms in total. The van der Waals surface area contributed by atoms with Crippen LogP contribution in [0.3, 0.4) is 0 Å².